The number of hydrogen-bond donors (Lipinski definition) is 2. The quantitative estimate of drug-likeness (QED) is 0.343. The number of nitrogens with one attached hydrogen (secondary N) is 1. The molecule has 0 aromatic heterocycles. The molecule has 7 heteroatoms. The Balaban J connectivity index is 2.31. The molecule has 0 atom stereocenters. The second-order valence-electron chi connectivity index (χ2n) is 5.77. The first-order valence-corrected chi connectivity index (χ1v) is 9.59. The van der Waals surface area contributed by atoms with Gasteiger partial charge in [0.25, 0.3) is 5.91 Å². The van der Waals surface area contributed by atoms with Crippen LogP contribution in [0.1, 0.15) is 25.8 Å². The van der Waals surface area contributed by atoms with Gasteiger partial charge in [-0.3, -0.25) is 4.79 Å². The Labute approximate surface area is 172 Å². The minimum absolute atomic E-state index is 0.0709. The maximum Gasteiger partial charge on any atom is 0.266 e. The van der Waals surface area contributed by atoms with Crippen LogP contribution >= 0.6 is 15.9 Å². The lowest BCUT2D eigenvalue weighted by atomic mass is 10.1. The van der Waals surface area contributed by atoms with Crippen molar-refractivity contribution in [1.82, 2.24) is 0 Å². The Morgan fingerprint density at radius 1 is 1.21 bits per heavy atom. The van der Waals surface area contributed by atoms with Crippen molar-refractivity contribution >= 4 is 33.6 Å². The summed E-state index contributed by atoms with van der Waals surface area (Å²) in [4.78, 5) is 12.4. The van der Waals surface area contributed by atoms with E-state index in [1.165, 1.54) is 18.2 Å². The molecule has 0 heterocycles. The summed E-state index contributed by atoms with van der Waals surface area (Å²) in [5, 5.41) is 21.4. The number of phenols is 1. The van der Waals surface area contributed by atoms with Crippen LogP contribution in [0.3, 0.4) is 0 Å². The summed E-state index contributed by atoms with van der Waals surface area (Å²) in [6.45, 7) is 4.89. The summed E-state index contributed by atoms with van der Waals surface area (Å²) < 4.78 is 12.0. The number of rotatable bonds is 8. The smallest absolute Gasteiger partial charge is 0.266 e. The zero-order valence-electron chi connectivity index (χ0n) is 15.7. The van der Waals surface area contributed by atoms with Crippen molar-refractivity contribution < 1.29 is 19.4 Å². The number of carbonyl (C=O) groups excluding carboxylic acids is 1. The van der Waals surface area contributed by atoms with Crippen LogP contribution in [-0.2, 0) is 4.79 Å². The Bertz CT molecular complexity index is 902. The summed E-state index contributed by atoms with van der Waals surface area (Å²) >= 11 is 3.46. The van der Waals surface area contributed by atoms with Crippen molar-refractivity contribution in [3.05, 3.63) is 52.0 Å². The fraction of sp³-hybridized carbons (Fsp3) is 0.238. The molecule has 0 bridgehead atoms. The van der Waals surface area contributed by atoms with Gasteiger partial charge in [0, 0.05) is 10.2 Å². The molecule has 0 spiro atoms. The molecule has 2 aromatic carbocycles. The maximum atomic E-state index is 12.4. The number of nitriles is 1. The van der Waals surface area contributed by atoms with Crippen molar-refractivity contribution in [2.24, 2.45) is 0 Å². The largest absolute Gasteiger partial charge is 0.508 e. The summed E-state index contributed by atoms with van der Waals surface area (Å²) in [7, 11) is 0. The Morgan fingerprint density at radius 3 is 2.50 bits per heavy atom. The van der Waals surface area contributed by atoms with E-state index in [4.69, 9.17) is 9.47 Å². The summed E-state index contributed by atoms with van der Waals surface area (Å²) in [6.07, 6.45) is 2.34. The predicted octanol–water partition coefficient (Wildman–Crippen LogP) is 4.89. The van der Waals surface area contributed by atoms with Crippen LogP contribution in [0.4, 0.5) is 5.69 Å². The lowest BCUT2D eigenvalue weighted by Crippen LogP contribution is -2.13. The molecule has 0 unspecified atom stereocenters. The third-order valence-corrected chi connectivity index (χ3v) is 4.30. The highest BCUT2D eigenvalue weighted by Gasteiger charge is 2.14. The molecule has 28 heavy (non-hydrogen) atoms. The van der Waals surface area contributed by atoms with Crippen molar-refractivity contribution in [3.8, 4) is 23.3 Å². The molecule has 0 radical (unpaired) electrons. The molecule has 0 aliphatic heterocycles. The van der Waals surface area contributed by atoms with E-state index in [2.05, 4.69) is 21.2 Å². The van der Waals surface area contributed by atoms with Gasteiger partial charge in [-0.25, -0.2) is 0 Å². The average molecular weight is 445 g/mol. The zero-order chi connectivity index (χ0) is 20.5. The standard InChI is InChI=1S/C21H21BrN2O4/c1-3-9-28-20-12-18(22)14(11-19(20)27-4-2)10-15(13-23)21(26)24-16-5-7-17(25)8-6-16/h5-8,10-12,25H,3-4,9H2,1-2H3,(H,24,26). The third-order valence-electron chi connectivity index (χ3n) is 3.61. The van der Waals surface area contributed by atoms with Crippen LogP contribution in [0, 0.1) is 11.3 Å². The summed E-state index contributed by atoms with van der Waals surface area (Å²) in [5.41, 5.74) is 1.02. The highest BCUT2D eigenvalue weighted by atomic mass is 79.9. The maximum absolute atomic E-state index is 12.4. The molecule has 2 rings (SSSR count). The fourth-order valence-electron chi connectivity index (χ4n) is 2.30. The molecule has 146 valence electrons. The van der Waals surface area contributed by atoms with Crippen LogP contribution in [-0.4, -0.2) is 24.2 Å². The second kappa shape index (κ2) is 10.4. The van der Waals surface area contributed by atoms with Crippen molar-refractivity contribution in [2.75, 3.05) is 18.5 Å². The molecule has 6 nitrogen and oxygen atoms in total. The van der Waals surface area contributed by atoms with Gasteiger partial charge in [0.15, 0.2) is 11.5 Å². The van der Waals surface area contributed by atoms with Crippen LogP contribution in [0.2, 0.25) is 0 Å². The highest BCUT2D eigenvalue weighted by molar-refractivity contribution is 9.10. The summed E-state index contributed by atoms with van der Waals surface area (Å²) in [5.74, 6) is 0.678. The number of halogens is 1. The minimum atomic E-state index is -0.552. The molecule has 0 saturated heterocycles. The number of nitrogens with zero attached hydrogens (tertiary/aromatic N) is 1. The normalized spacial score (nSPS) is 10.9. The number of benzene rings is 2. The molecule has 0 aliphatic carbocycles. The van der Waals surface area contributed by atoms with E-state index in [9.17, 15) is 15.2 Å². The van der Waals surface area contributed by atoms with E-state index in [-0.39, 0.29) is 11.3 Å². The zero-order valence-corrected chi connectivity index (χ0v) is 17.2. The molecule has 2 aromatic rings. The third kappa shape index (κ3) is 5.76. The number of amides is 1. The first kappa shape index (κ1) is 21.3. The predicted molar refractivity (Wildman–Crippen MR) is 111 cm³/mol. The molecular formula is C21H21BrN2O4. The topological polar surface area (TPSA) is 91.6 Å². The number of hydrogen-bond acceptors (Lipinski definition) is 5. The highest BCUT2D eigenvalue weighted by Crippen LogP contribution is 2.35. The van der Waals surface area contributed by atoms with Gasteiger partial charge in [-0.05, 0) is 61.4 Å². The number of carbonyl (C=O) groups is 1. The monoisotopic (exact) mass is 444 g/mol. The van der Waals surface area contributed by atoms with Gasteiger partial charge in [0.2, 0.25) is 0 Å². The van der Waals surface area contributed by atoms with Gasteiger partial charge in [-0.1, -0.05) is 22.9 Å². The van der Waals surface area contributed by atoms with E-state index in [0.29, 0.717) is 40.4 Å². The van der Waals surface area contributed by atoms with E-state index < -0.39 is 5.91 Å². The number of anilines is 1. The number of phenolic OH excluding ortho intramolecular Hbond substituents is 1. The first-order chi connectivity index (χ1) is 13.5. The van der Waals surface area contributed by atoms with Gasteiger partial charge in [-0.2, -0.15) is 5.26 Å². The van der Waals surface area contributed by atoms with Crippen LogP contribution in [0.25, 0.3) is 6.08 Å². The van der Waals surface area contributed by atoms with Gasteiger partial charge in [0.05, 0.1) is 13.2 Å². The van der Waals surface area contributed by atoms with Gasteiger partial charge < -0.3 is 19.9 Å². The lowest BCUT2D eigenvalue weighted by Gasteiger charge is -2.13. The van der Waals surface area contributed by atoms with E-state index in [1.807, 2.05) is 19.9 Å². The van der Waals surface area contributed by atoms with E-state index in [0.717, 1.165) is 6.42 Å². The van der Waals surface area contributed by atoms with Crippen molar-refractivity contribution in [2.45, 2.75) is 20.3 Å². The molecular weight excluding hydrogens is 424 g/mol. The van der Waals surface area contributed by atoms with Gasteiger partial charge in [0.1, 0.15) is 17.4 Å². The molecule has 1 amide bonds. The van der Waals surface area contributed by atoms with Gasteiger partial charge >= 0.3 is 0 Å². The second-order valence-corrected chi connectivity index (χ2v) is 6.63. The van der Waals surface area contributed by atoms with Crippen LogP contribution in [0.5, 0.6) is 17.2 Å². The average Bonchev–Trinajstić information content (AvgIpc) is 2.68. The molecule has 0 aliphatic rings. The molecule has 0 fully saturated rings. The van der Waals surface area contributed by atoms with Crippen molar-refractivity contribution in [3.63, 3.8) is 0 Å². The fourth-order valence-corrected chi connectivity index (χ4v) is 2.74. The minimum Gasteiger partial charge on any atom is -0.508 e. The number of ether oxygens (including phenoxy) is 2. The molecule has 2 N–H and O–H groups in total. The van der Waals surface area contributed by atoms with E-state index >= 15 is 0 Å². The van der Waals surface area contributed by atoms with E-state index in [1.54, 1.807) is 24.3 Å². The Kier molecular flexibility index (Phi) is 7.90. The summed E-state index contributed by atoms with van der Waals surface area (Å²) in [6, 6.07) is 11.4. The Hall–Kier alpha value is -2.98. The van der Waals surface area contributed by atoms with Gasteiger partial charge in [-0.15, -0.1) is 0 Å². The Morgan fingerprint density at radius 2 is 1.89 bits per heavy atom. The van der Waals surface area contributed by atoms with Crippen molar-refractivity contribution in [1.29, 1.82) is 5.26 Å². The van der Waals surface area contributed by atoms with Crippen LogP contribution < -0.4 is 14.8 Å². The first-order valence-electron chi connectivity index (χ1n) is 8.79. The lowest BCUT2D eigenvalue weighted by molar-refractivity contribution is -0.112. The molecule has 0 saturated carbocycles. The SMILES string of the molecule is CCCOc1cc(Br)c(C=C(C#N)C(=O)Nc2ccc(O)cc2)cc1OCC. The number of aromatic hydroxyl groups is 1. The van der Waals surface area contributed by atoms with Crippen LogP contribution in [0.15, 0.2) is 46.4 Å².